The van der Waals surface area contributed by atoms with Crippen molar-refractivity contribution in [2.75, 3.05) is 5.32 Å². The molecule has 9 heteroatoms. The lowest BCUT2D eigenvalue weighted by Gasteiger charge is -2.13. The van der Waals surface area contributed by atoms with Gasteiger partial charge in [0.2, 0.25) is 0 Å². The van der Waals surface area contributed by atoms with E-state index in [1.807, 2.05) is 19.9 Å². The Balaban J connectivity index is 2.01. The molecule has 2 heterocycles. The molecule has 158 valence electrons. The van der Waals surface area contributed by atoms with Gasteiger partial charge in [0.25, 0.3) is 0 Å². The lowest BCUT2D eigenvalue weighted by atomic mass is 10.2. The molecule has 1 aliphatic carbocycles. The first-order chi connectivity index (χ1) is 14.1. The maximum absolute atomic E-state index is 13.3. The molecule has 0 radical (unpaired) electrons. The molecule has 0 aromatic carbocycles. The number of hydrogen-bond acceptors (Lipinski definition) is 5. The third-order valence-electron chi connectivity index (χ3n) is 5.06. The molecule has 1 aliphatic rings. The number of halogens is 3. The van der Waals surface area contributed by atoms with Gasteiger partial charge >= 0.3 is 6.18 Å². The molecule has 0 aliphatic heterocycles. The van der Waals surface area contributed by atoms with Crippen molar-refractivity contribution in [1.29, 1.82) is 5.26 Å². The zero-order valence-electron chi connectivity index (χ0n) is 17.1. The predicted octanol–water partition coefficient (Wildman–Crippen LogP) is 4.46. The van der Waals surface area contributed by atoms with Crippen LogP contribution in [0.4, 0.5) is 18.9 Å². The Hall–Kier alpha value is -3.28. The second-order valence-electron chi connectivity index (χ2n) is 7.29. The summed E-state index contributed by atoms with van der Waals surface area (Å²) in [7, 11) is 1.76. The van der Waals surface area contributed by atoms with Crippen molar-refractivity contribution >= 4 is 11.8 Å². The molecule has 0 atom stereocenters. The summed E-state index contributed by atoms with van der Waals surface area (Å²) in [5.74, 6) is 0.476. The van der Waals surface area contributed by atoms with Crippen molar-refractivity contribution in [3.63, 3.8) is 0 Å². The van der Waals surface area contributed by atoms with Gasteiger partial charge in [-0.15, -0.1) is 0 Å². The smallest absolute Gasteiger partial charge is 0.366 e. The summed E-state index contributed by atoms with van der Waals surface area (Å²) in [4.78, 5) is 8.94. The van der Waals surface area contributed by atoms with Gasteiger partial charge in [-0.05, 0) is 50.1 Å². The minimum Gasteiger partial charge on any atom is -0.366 e. The van der Waals surface area contributed by atoms with Crippen LogP contribution in [0.2, 0.25) is 0 Å². The van der Waals surface area contributed by atoms with Gasteiger partial charge in [0.05, 0.1) is 23.6 Å². The van der Waals surface area contributed by atoms with E-state index in [9.17, 15) is 18.4 Å². The van der Waals surface area contributed by atoms with Gasteiger partial charge in [-0.1, -0.05) is 13.5 Å². The van der Waals surface area contributed by atoms with Crippen LogP contribution in [-0.2, 0) is 13.5 Å². The van der Waals surface area contributed by atoms with Crippen LogP contribution < -0.4 is 10.6 Å². The summed E-state index contributed by atoms with van der Waals surface area (Å²) < 4.78 is 41.6. The molecule has 0 unspecified atom stereocenters. The monoisotopic (exact) mass is 416 g/mol. The van der Waals surface area contributed by atoms with E-state index in [1.54, 1.807) is 17.8 Å². The van der Waals surface area contributed by atoms with Crippen LogP contribution in [0, 0.1) is 18.3 Å². The number of pyridine rings is 1. The maximum Gasteiger partial charge on any atom is 0.431 e. The lowest BCUT2D eigenvalue weighted by molar-refractivity contribution is -0.0944. The molecule has 30 heavy (non-hydrogen) atoms. The van der Waals surface area contributed by atoms with Crippen LogP contribution in [0.1, 0.15) is 36.7 Å². The minimum atomic E-state index is -4.56. The Morgan fingerprint density at radius 1 is 1.43 bits per heavy atom. The molecule has 0 spiro atoms. The molecule has 3 rings (SSSR count). The van der Waals surface area contributed by atoms with Crippen LogP contribution >= 0.6 is 0 Å². The molecular weight excluding hydrogens is 393 g/mol. The molecule has 6 nitrogen and oxygen atoms in total. The first-order valence-corrected chi connectivity index (χ1v) is 9.52. The van der Waals surface area contributed by atoms with E-state index in [0.717, 1.165) is 36.4 Å². The molecule has 2 aromatic rings. The van der Waals surface area contributed by atoms with Gasteiger partial charge < -0.3 is 15.2 Å². The summed E-state index contributed by atoms with van der Waals surface area (Å²) in [6.45, 7) is 7.03. The normalized spacial score (nSPS) is 15.4. The highest BCUT2D eigenvalue weighted by atomic mass is 19.4. The Morgan fingerprint density at radius 3 is 2.63 bits per heavy atom. The highest BCUT2D eigenvalue weighted by Crippen LogP contribution is 2.38. The third kappa shape index (κ3) is 4.17. The standard InChI is InChI=1S/C21H23F3N6/c1-5-16-15(10-17(26-6-2)21(22,23)24)28-19(30(16)4)18-13(3)9-14(11-27-18)29-20(12-25)7-8-20/h6,9-11,26,29H,2,5,7-8H2,1,3-4H3/b17-10-. The van der Waals surface area contributed by atoms with Gasteiger partial charge in [0, 0.05) is 12.7 Å². The molecule has 0 saturated heterocycles. The summed E-state index contributed by atoms with van der Waals surface area (Å²) >= 11 is 0. The van der Waals surface area contributed by atoms with E-state index >= 15 is 0 Å². The van der Waals surface area contributed by atoms with Gasteiger partial charge in [-0.3, -0.25) is 4.98 Å². The Kier molecular flexibility index (Phi) is 5.61. The number of anilines is 1. The van der Waals surface area contributed by atoms with Gasteiger partial charge in [0.1, 0.15) is 16.9 Å². The predicted molar refractivity (Wildman–Crippen MR) is 109 cm³/mol. The number of hydrogen-bond donors (Lipinski definition) is 2. The maximum atomic E-state index is 13.3. The number of nitrogens with zero attached hydrogens (tertiary/aromatic N) is 4. The van der Waals surface area contributed by atoms with E-state index in [2.05, 4.69) is 33.2 Å². The van der Waals surface area contributed by atoms with Gasteiger partial charge in [-0.2, -0.15) is 18.4 Å². The fourth-order valence-corrected chi connectivity index (χ4v) is 3.29. The number of aromatic nitrogens is 3. The van der Waals surface area contributed by atoms with Crippen molar-refractivity contribution < 1.29 is 13.2 Å². The van der Waals surface area contributed by atoms with Crippen molar-refractivity contribution in [2.24, 2.45) is 7.05 Å². The van der Waals surface area contributed by atoms with Gasteiger partial charge in [0.15, 0.2) is 5.82 Å². The number of aryl methyl sites for hydroxylation is 1. The quantitative estimate of drug-likeness (QED) is 0.697. The summed E-state index contributed by atoms with van der Waals surface area (Å²) in [5, 5.41) is 14.6. The minimum absolute atomic E-state index is 0.224. The fourth-order valence-electron chi connectivity index (χ4n) is 3.29. The second kappa shape index (κ2) is 7.86. The topological polar surface area (TPSA) is 78.6 Å². The Labute approximate surface area is 173 Å². The highest BCUT2D eigenvalue weighted by Gasteiger charge is 2.43. The zero-order valence-corrected chi connectivity index (χ0v) is 17.1. The van der Waals surface area contributed by atoms with E-state index < -0.39 is 17.4 Å². The number of nitrogens with one attached hydrogen (secondary N) is 2. The summed E-state index contributed by atoms with van der Waals surface area (Å²) in [6.07, 6.45) is 1.12. The molecule has 2 aromatic heterocycles. The van der Waals surface area contributed by atoms with Crippen LogP contribution in [0.25, 0.3) is 17.6 Å². The van der Waals surface area contributed by atoms with Crippen LogP contribution in [0.15, 0.2) is 30.7 Å². The van der Waals surface area contributed by atoms with Gasteiger partial charge in [-0.25, -0.2) is 4.98 Å². The van der Waals surface area contributed by atoms with E-state index in [4.69, 9.17) is 0 Å². The van der Waals surface area contributed by atoms with Crippen molar-refractivity contribution in [3.05, 3.63) is 47.7 Å². The lowest BCUT2D eigenvalue weighted by Crippen LogP contribution is -2.22. The van der Waals surface area contributed by atoms with E-state index in [0.29, 0.717) is 23.6 Å². The van der Waals surface area contributed by atoms with Crippen molar-refractivity contribution in [3.8, 4) is 17.6 Å². The van der Waals surface area contributed by atoms with E-state index in [-0.39, 0.29) is 5.69 Å². The summed E-state index contributed by atoms with van der Waals surface area (Å²) in [6, 6.07) is 4.14. The number of alkyl halides is 3. The average Bonchev–Trinajstić information content (AvgIpc) is 3.38. The molecule has 2 N–H and O–H groups in total. The average molecular weight is 416 g/mol. The third-order valence-corrected chi connectivity index (χ3v) is 5.06. The summed E-state index contributed by atoms with van der Waals surface area (Å²) in [5.41, 5.74) is 1.54. The second-order valence-corrected chi connectivity index (χ2v) is 7.29. The van der Waals surface area contributed by atoms with Crippen LogP contribution in [-0.4, -0.2) is 26.3 Å². The van der Waals surface area contributed by atoms with Crippen molar-refractivity contribution in [2.45, 2.75) is 44.8 Å². The molecule has 1 fully saturated rings. The van der Waals surface area contributed by atoms with Crippen LogP contribution in [0.5, 0.6) is 0 Å². The number of nitriles is 1. The van der Waals surface area contributed by atoms with Crippen molar-refractivity contribution in [1.82, 2.24) is 19.9 Å². The first-order valence-electron chi connectivity index (χ1n) is 9.52. The number of rotatable bonds is 7. The highest BCUT2D eigenvalue weighted by molar-refractivity contribution is 5.65. The fraction of sp³-hybridized carbons (Fsp3) is 0.381. The Bertz CT molecular complexity index is 1040. The number of imidazole rings is 1. The first kappa shape index (κ1) is 21.4. The SMILES string of the molecule is C=CN/C(=C\c1nc(-c2ncc(NC3(C#N)CC3)cc2C)n(C)c1CC)C(F)(F)F. The molecular formula is C21H23F3N6. The van der Waals surface area contributed by atoms with Crippen LogP contribution in [0.3, 0.4) is 0 Å². The Morgan fingerprint density at radius 2 is 2.13 bits per heavy atom. The zero-order chi connectivity index (χ0) is 22.1. The molecule has 0 bridgehead atoms. The number of allylic oxidation sites excluding steroid dienone is 1. The largest absolute Gasteiger partial charge is 0.431 e. The molecule has 0 amide bonds. The molecule has 1 saturated carbocycles. The van der Waals surface area contributed by atoms with E-state index in [1.165, 1.54) is 0 Å².